The third-order valence-corrected chi connectivity index (χ3v) is 2.83. The summed E-state index contributed by atoms with van der Waals surface area (Å²) in [7, 11) is 0. The SMILES string of the molecule is Cc1cncc(C(=O)c2c(F)cc(Br)cc2F)c1. The van der Waals surface area contributed by atoms with Gasteiger partial charge in [0, 0.05) is 22.4 Å². The van der Waals surface area contributed by atoms with Crippen molar-refractivity contribution in [3.8, 4) is 0 Å². The highest BCUT2D eigenvalue weighted by atomic mass is 79.9. The zero-order chi connectivity index (χ0) is 13.3. The Morgan fingerprint density at radius 3 is 2.33 bits per heavy atom. The van der Waals surface area contributed by atoms with Gasteiger partial charge in [0.15, 0.2) is 5.78 Å². The first kappa shape index (κ1) is 12.8. The van der Waals surface area contributed by atoms with E-state index in [4.69, 9.17) is 0 Å². The van der Waals surface area contributed by atoms with Crippen LogP contribution < -0.4 is 0 Å². The number of ketones is 1. The third kappa shape index (κ3) is 2.46. The smallest absolute Gasteiger partial charge is 0.200 e. The molecule has 0 spiro atoms. The van der Waals surface area contributed by atoms with E-state index in [2.05, 4.69) is 20.9 Å². The Balaban J connectivity index is 2.53. The van der Waals surface area contributed by atoms with Crippen LogP contribution in [0.25, 0.3) is 0 Å². The standard InChI is InChI=1S/C13H8BrF2NO/c1-7-2-8(6-17-5-7)13(18)12-10(15)3-9(14)4-11(12)16/h2-6H,1H3. The molecule has 0 saturated carbocycles. The number of hydrogen-bond acceptors (Lipinski definition) is 2. The molecule has 0 bridgehead atoms. The molecule has 0 aliphatic carbocycles. The number of hydrogen-bond donors (Lipinski definition) is 0. The van der Waals surface area contributed by atoms with Crippen molar-refractivity contribution in [3.05, 3.63) is 63.4 Å². The molecule has 0 N–H and O–H groups in total. The van der Waals surface area contributed by atoms with Gasteiger partial charge in [0.05, 0.1) is 5.56 Å². The first-order valence-electron chi connectivity index (χ1n) is 5.10. The molecule has 0 saturated heterocycles. The molecule has 2 aromatic rings. The van der Waals surface area contributed by atoms with Crippen molar-refractivity contribution >= 4 is 21.7 Å². The maximum absolute atomic E-state index is 13.6. The van der Waals surface area contributed by atoms with Gasteiger partial charge in [0.1, 0.15) is 11.6 Å². The van der Waals surface area contributed by atoms with Gasteiger partial charge in [-0.15, -0.1) is 0 Å². The molecule has 0 aliphatic heterocycles. The monoisotopic (exact) mass is 311 g/mol. The van der Waals surface area contributed by atoms with Gasteiger partial charge < -0.3 is 0 Å². The van der Waals surface area contributed by atoms with E-state index >= 15 is 0 Å². The summed E-state index contributed by atoms with van der Waals surface area (Å²) >= 11 is 2.96. The quantitative estimate of drug-likeness (QED) is 0.792. The van der Waals surface area contributed by atoms with Gasteiger partial charge >= 0.3 is 0 Å². The van der Waals surface area contributed by atoms with E-state index in [1.54, 1.807) is 13.1 Å². The normalized spacial score (nSPS) is 10.4. The number of nitrogens with zero attached hydrogens (tertiary/aromatic N) is 1. The molecular formula is C13H8BrF2NO. The van der Waals surface area contributed by atoms with Crippen LogP contribution in [0.2, 0.25) is 0 Å². The summed E-state index contributed by atoms with van der Waals surface area (Å²) in [6, 6.07) is 3.65. The van der Waals surface area contributed by atoms with Crippen molar-refractivity contribution in [3.63, 3.8) is 0 Å². The average Bonchev–Trinajstić information content (AvgIpc) is 2.27. The minimum atomic E-state index is -0.895. The van der Waals surface area contributed by atoms with Gasteiger partial charge in [-0.3, -0.25) is 9.78 Å². The second-order valence-corrected chi connectivity index (χ2v) is 4.74. The Hall–Kier alpha value is -1.62. The van der Waals surface area contributed by atoms with Crippen LogP contribution in [0.5, 0.6) is 0 Å². The van der Waals surface area contributed by atoms with Crippen molar-refractivity contribution in [2.24, 2.45) is 0 Å². The van der Waals surface area contributed by atoms with Gasteiger partial charge in [-0.2, -0.15) is 0 Å². The minimum absolute atomic E-state index is 0.162. The van der Waals surface area contributed by atoms with Gasteiger partial charge in [-0.1, -0.05) is 15.9 Å². The van der Waals surface area contributed by atoms with Crippen LogP contribution >= 0.6 is 15.9 Å². The Kier molecular flexibility index (Phi) is 3.52. The Morgan fingerprint density at radius 1 is 1.17 bits per heavy atom. The lowest BCUT2D eigenvalue weighted by molar-refractivity contribution is 0.103. The van der Waals surface area contributed by atoms with Crippen molar-refractivity contribution in [1.82, 2.24) is 4.98 Å². The van der Waals surface area contributed by atoms with Crippen LogP contribution in [0, 0.1) is 18.6 Å². The molecule has 0 radical (unpaired) electrons. The van der Waals surface area contributed by atoms with Gasteiger partial charge in [0.2, 0.25) is 0 Å². The van der Waals surface area contributed by atoms with E-state index in [0.29, 0.717) is 0 Å². The summed E-state index contributed by atoms with van der Waals surface area (Å²) in [5.74, 6) is -2.50. The molecule has 2 rings (SSSR count). The molecular weight excluding hydrogens is 304 g/mol. The van der Waals surface area contributed by atoms with Crippen LogP contribution in [0.1, 0.15) is 21.5 Å². The molecule has 92 valence electrons. The molecule has 1 heterocycles. The van der Waals surface area contributed by atoms with Crippen molar-refractivity contribution in [2.75, 3.05) is 0 Å². The molecule has 18 heavy (non-hydrogen) atoms. The second-order valence-electron chi connectivity index (χ2n) is 3.82. The van der Waals surface area contributed by atoms with Crippen molar-refractivity contribution in [2.45, 2.75) is 6.92 Å². The predicted molar refractivity (Wildman–Crippen MR) is 66.5 cm³/mol. The average molecular weight is 312 g/mol. The Bertz CT molecular complexity index is 605. The highest BCUT2D eigenvalue weighted by molar-refractivity contribution is 9.10. The van der Waals surface area contributed by atoms with E-state index in [0.717, 1.165) is 17.7 Å². The van der Waals surface area contributed by atoms with E-state index in [1.165, 1.54) is 12.3 Å². The topological polar surface area (TPSA) is 30.0 Å². The molecule has 1 aromatic carbocycles. The summed E-state index contributed by atoms with van der Waals surface area (Å²) in [6.07, 6.45) is 2.85. The lowest BCUT2D eigenvalue weighted by Gasteiger charge is -2.05. The number of pyridine rings is 1. The highest BCUT2D eigenvalue weighted by Crippen LogP contribution is 2.22. The van der Waals surface area contributed by atoms with Crippen molar-refractivity contribution in [1.29, 1.82) is 0 Å². The molecule has 2 nitrogen and oxygen atoms in total. The van der Waals surface area contributed by atoms with Gasteiger partial charge in [-0.05, 0) is 30.7 Å². The fourth-order valence-electron chi connectivity index (χ4n) is 1.58. The summed E-state index contributed by atoms with van der Waals surface area (Å²) < 4.78 is 27.5. The number of carbonyl (C=O) groups excluding carboxylic acids is 1. The van der Waals surface area contributed by atoms with Crippen LogP contribution in [0.15, 0.2) is 35.1 Å². The van der Waals surface area contributed by atoms with E-state index in [-0.39, 0.29) is 10.0 Å². The van der Waals surface area contributed by atoms with Crippen LogP contribution in [0.3, 0.4) is 0 Å². The largest absolute Gasteiger partial charge is 0.288 e. The van der Waals surface area contributed by atoms with Gasteiger partial charge in [-0.25, -0.2) is 8.78 Å². The van der Waals surface area contributed by atoms with Crippen molar-refractivity contribution < 1.29 is 13.6 Å². The third-order valence-electron chi connectivity index (χ3n) is 2.37. The molecule has 5 heteroatoms. The van der Waals surface area contributed by atoms with Crippen LogP contribution in [-0.4, -0.2) is 10.8 Å². The van der Waals surface area contributed by atoms with E-state index < -0.39 is 23.0 Å². The maximum atomic E-state index is 13.6. The zero-order valence-corrected chi connectivity index (χ0v) is 11.0. The summed E-state index contributed by atoms with van der Waals surface area (Å²) in [4.78, 5) is 15.8. The summed E-state index contributed by atoms with van der Waals surface area (Å²) in [5.41, 5.74) is 0.347. The number of benzene rings is 1. The number of aromatic nitrogens is 1. The molecule has 0 aliphatic rings. The first-order chi connectivity index (χ1) is 8.49. The molecule has 0 amide bonds. The fraction of sp³-hybridized carbons (Fsp3) is 0.0769. The predicted octanol–water partition coefficient (Wildman–Crippen LogP) is 3.66. The molecule has 0 unspecified atom stereocenters. The van der Waals surface area contributed by atoms with E-state index in [1.807, 2.05) is 0 Å². The second kappa shape index (κ2) is 4.94. The minimum Gasteiger partial charge on any atom is -0.288 e. The van der Waals surface area contributed by atoms with Crippen LogP contribution in [-0.2, 0) is 0 Å². The zero-order valence-electron chi connectivity index (χ0n) is 9.38. The number of halogens is 3. The Labute approximate surface area is 111 Å². The highest BCUT2D eigenvalue weighted by Gasteiger charge is 2.20. The molecule has 0 fully saturated rings. The first-order valence-corrected chi connectivity index (χ1v) is 5.89. The fourth-order valence-corrected chi connectivity index (χ4v) is 1.98. The molecule has 0 atom stereocenters. The Morgan fingerprint density at radius 2 is 1.78 bits per heavy atom. The molecule has 1 aromatic heterocycles. The van der Waals surface area contributed by atoms with E-state index in [9.17, 15) is 13.6 Å². The van der Waals surface area contributed by atoms with Gasteiger partial charge in [0.25, 0.3) is 0 Å². The maximum Gasteiger partial charge on any atom is 0.200 e. The van der Waals surface area contributed by atoms with Crippen LogP contribution in [0.4, 0.5) is 8.78 Å². The lowest BCUT2D eigenvalue weighted by Crippen LogP contribution is -2.08. The number of carbonyl (C=O) groups is 1. The number of rotatable bonds is 2. The summed E-state index contributed by atoms with van der Waals surface area (Å²) in [6.45, 7) is 1.75. The number of aryl methyl sites for hydroxylation is 1. The lowest BCUT2D eigenvalue weighted by atomic mass is 10.0. The summed E-state index contributed by atoms with van der Waals surface area (Å²) in [5, 5.41) is 0.